The van der Waals surface area contributed by atoms with Crippen LogP contribution in [0.25, 0.3) is 0 Å². The number of hydrogen-bond acceptors (Lipinski definition) is 3. The summed E-state index contributed by atoms with van der Waals surface area (Å²) in [7, 11) is 0. The molecule has 1 aromatic heterocycles. The van der Waals surface area contributed by atoms with Crippen molar-refractivity contribution in [1.82, 2.24) is 4.98 Å². The number of aromatic nitrogens is 1. The van der Waals surface area contributed by atoms with Gasteiger partial charge in [-0.1, -0.05) is 11.6 Å². The lowest BCUT2D eigenvalue weighted by Gasteiger charge is -2.20. The summed E-state index contributed by atoms with van der Waals surface area (Å²) < 4.78 is 0. The van der Waals surface area contributed by atoms with Gasteiger partial charge in [-0.2, -0.15) is 0 Å². The van der Waals surface area contributed by atoms with Gasteiger partial charge in [0.2, 0.25) is 0 Å². The summed E-state index contributed by atoms with van der Waals surface area (Å²) >= 11 is 6.05. The Kier molecular flexibility index (Phi) is 4.17. The van der Waals surface area contributed by atoms with Crippen molar-refractivity contribution in [3.05, 3.63) is 22.8 Å². The largest absolute Gasteiger partial charge is 0.392 e. The van der Waals surface area contributed by atoms with Gasteiger partial charge in [-0.05, 0) is 25.5 Å². The number of hydrogen-bond donors (Lipinski definition) is 1. The predicted molar refractivity (Wildman–Crippen MR) is 58.7 cm³/mol. The molecule has 3 nitrogen and oxygen atoms in total. The molecule has 14 heavy (non-hydrogen) atoms. The minimum absolute atomic E-state index is 0.0226. The first-order chi connectivity index (χ1) is 6.72. The Hall–Kier alpha value is -0.800. The highest BCUT2D eigenvalue weighted by molar-refractivity contribution is 6.33. The van der Waals surface area contributed by atoms with Crippen LogP contribution in [0.5, 0.6) is 0 Å². The zero-order valence-electron chi connectivity index (χ0n) is 8.50. The van der Waals surface area contributed by atoms with E-state index in [9.17, 15) is 0 Å². The second-order valence-electron chi connectivity index (χ2n) is 2.98. The molecular formula is C10H15ClN2O. The molecule has 78 valence electrons. The quantitative estimate of drug-likeness (QED) is 0.834. The lowest BCUT2D eigenvalue weighted by Crippen LogP contribution is -2.23. The summed E-state index contributed by atoms with van der Waals surface area (Å²) in [5.74, 6) is 0.786. The van der Waals surface area contributed by atoms with Gasteiger partial charge in [0, 0.05) is 19.3 Å². The molecule has 1 N–H and O–H groups in total. The monoisotopic (exact) mass is 214 g/mol. The second-order valence-corrected chi connectivity index (χ2v) is 3.39. The van der Waals surface area contributed by atoms with E-state index in [1.54, 1.807) is 12.3 Å². The molecule has 0 unspecified atom stereocenters. The van der Waals surface area contributed by atoms with E-state index in [0.29, 0.717) is 5.02 Å². The average molecular weight is 215 g/mol. The van der Waals surface area contributed by atoms with Gasteiger partial charge < -0.3 is 10.0 Å². The Morgan fingerprint density at radius 2 is 2.07 bits per heavy atom. The number of pyridine rings is 1. The Labute approximate surface area is 89.3 Å². The normalized spacial score (nSPS) is 10.3. The first-order valence-corrected chi connectivity index (χ1v) is 5.10. The number of rotatable bonds is 4. The van der Waals surface area contributed by atoms with Crippen LogP contribution in [0, 0.1) is 0 Å². The molecule has 0 saturated carbocycles. The number of halogens is 1. The molecule has 0 saturated heterocycles. The molecule has 1 aromatic rings. The number of anilines is 1. The van der Waals surface area contributed by atoms with Crippen molar-refractivity contribution in [2.45, 2.75) is 20.5 Å². The van der Waals surface area contributed by atoms with Gasteiger partial charge in [-0.3, -0.25) is 0 Å². The molecule has 1 heterocycles. The molecule has 4 heteroatoms. The van der Waals surface area contributed by atoms with Crippen LogP contribution in [0.1, 0.15) is 19.4 Å². The van der Waals surface area contributed by atoms with Crippen molar-refractivity contribution in [3.8, 4) is 0 Å². The van der Waals surface area contributed by atoms with E-state index in [2.05, 4.69) is 23.7 Å². The molecule has 0 fully saturated rings. The van der Waals surface area contributed by atoms with Crippen LogP contribution in [0.15, 0.2) is 12.3 Å². The van der Waals surface area contributed by atoms with Gasteiger partial charge in [0.05, 0.1) is 11.6 Å². The molecule has 0 radical (unpaired) electrons. The first-order valence-electron chi connectivity index (χ1n) is 4.73. The van der Waals surface area contributed by atoms with E-state index in [1.165, 1.54) is 0 Å². The summed E-state index contributed by atoms with van der Waals surface area (Å²) in [6, 6.07) is 1.75. The smallest absolute Gasteiger partial charge is 0.147 e. The van der Waals surface area contributed by atoms with Crippen molar-refractivity contribution in [3.63, 3.8) is 0 Å². The third-order valence-corrected chi connectivity index (χ3v) is 2.40. The average Bonchev–Trinajstić information content (AvgIpc) is 2.22. The SMILES string of the molecule is CCN(CC)c1ncc(CO)cc1Cl. The summed E-state index contributed by atoms with van der Waals surface area (Å²) in [6.45, 7) is 5.84. The maximum atomic E-state index is 8.89. The van der Waals surface area contributed by atoms with Crippen molar-refractivity contribution in [2.24, 2.45) is 0 Å². The van der Waals surface area contributed by atoms with Crippen LogP contribution in [0.3, 0.4) is 0 Å². The lowest BCUT2D eigenvalue weighted by molar-refractivity contribution is 0.281. The predicted octanol–water partition coefficient (Wildman–Crippen LogP) is 2.07. The highest BCUT2D eigenvalue weighted by atomic mass is 35.5. The number of nitrogens with zero attached hydrogens (tertiary/aromatic N) is 2. The van der Waals surface area contributed by atoms with Gasteiger partial charge in [0.15, 0.2) is 0 Å². The zero-order valence-corrected chi connectivity index (χ0v) is 9.25. The zero-order chi connectivity index (χ0) is 10.6. The Bertz CT molecular complexity index is 300. The molecule has 0 amide bonds. The first kappa shape index (κ1) is 11.3. The third kappa shape index (κ3) is 2.36. The van der Waals surface area contributed by atoms with Crippen molar-refractivity contribution < 1.29 is 5.11 Å². The molecule has 0 spiro atoms. The topological polar surface area (TPSA) is 36.4 Å². The van der Waals surface area contributed by atoms with Crippen LogP contribution in [-0.4, -0.2) is 23.2 Å². The summed E-state index contributed by atoms with van der Waals surface area (Å²) in [6.07, 6.45) is 1.65. The van der Waals surface area contributed by atoms with Crippen LogP contribution in [-0.2, 0) is 6.61 Å². The van der Waals surface area contributed by atoms with E-state index < -0.39 is 0 Å². The fourth-order valence-electron chi connectivity index (χ4n) is 1.31. The molecular weight excluding hydrogens is 200 g/mol. The van der Waals surface area contributed by atoms with Gasteiger partial charge in [-0.15, -0.1) is 0 Å². The van der Waals surface area contributed by atoms with Crippen LogP contribution in [0.2, 0.25) is 5.02 Å². The van der Waals surface area contributed by atoms with E-state index in [0.717, 1.165) is 24.5 Å². The molecule has 0 aliphatic heterocycles. The van der Waals surface area contributed by atoms with Crippen LogP contribution >= 0.6 is 11.6 Å². The molecule has 0 atom stereocenters. The van der Waals surface area contributed by atoms with E-state index in [4.69, 9.17) is 16.7 Å². The summed E-state index contributed by atoms with van der Waals surface area (Å²) in [5.41, 5.74) is 0.742. The molecule has 0 aliphatic rings. The van der Waals surface area contributed by atoms with Gasteiger partial charge in [0.1, 0.15) is 5.82 Å². The van der Waals surface area contributed by atoms with E-state index in [1.807, 2.05) is 0 Å². The van der Waals surface area contributed by atoms with Gasteiger partial charge in [0.25, 0.3) is 0 Å². The number of aliphatic hydroxyl groups is 1. The highest BCUT2D eigenvalue weighted by Crippen LogP contribution is 2.23. The standard InChI is InChI=1S/C10H15ClN2O/c1-3-13(4-2)10-9(11)5-8(7-14)6-12-10/h5-6,14H,3-4,7H2,1-2H3. The molecule has 0 aromatic carbocycles. The van der Waals surface area contributed by atoms with Crippen molar-refractivity contribution >= 4 is 17.4 Å². The fourth-order valence-corrected chi connectivity index (χ4v) is 1.62. The maximum Gasteiger partial charge on any atom is 0.147 e. The molecule has 1 rings (SSSR count). The lowest BCUT2D eigenvalue weighted by atomic mass is 10.3. The van der Waals surface area contributed by atoms with Crippen LogP contribution in [0.4, 0.5) is 5.82 Å². The molecule has 0 bridgehead atoms. The Balaban J connectivity index is 2.98. The summed E-state index contributed by atoms with van der Waals surface area (Å²) in [4.78, 5) is 6.30. The van der Waals surface area contributed by atoms with Gasteiger partial charge in [-0.25, -0.2) is 4.98 Å². The second kappa shape index (κ2) is 5.17. The van der Waals surface area contributed by atoms with Crippen molar-refractivity contribution in [2.75, 3.05) is 18.0 Å². The highest BCUT2D eigenvalue weighted by Gasteiger charge is 2.08. The fraction of sp³-hybridized carbons (Fsp3) is 0.500. The Morgan fingerprint density at radius 3 is 2.50 bits per heavy atom. The molecule has 0 aliphatic carbocycles. The van der Waals surface area contributed by atoms with E-state index >= 15 is 0 Å². The minimum atomic E-state index is -0.0226. The number of aliphatic hydroxyl groups excluding tert-OH is 1. The third-order valence-electron chi connectivity index (χ3n) is 2.12. The van der Waals surface area contributed by atoms with E-state index in [-0.39, 0.29) is 6.61 Å². The minimum Gasteiger partial charge on any atom is -0.392 e. The van der Waals surface area contributed by atoms with Gasteiger partial charge >= 0.3 is 0 Å². The Morgan fingerprint density at radius 1 is 1.43 bits per heavy atom. The van der Waals surface area contributed by atoms with Crippen LogP contribution < -0.4 is 4.90 Å². The maximum absolute atomic E-state index is 8.89. The van der Waals surface area contributed by atoms with Crippen molar-refractivity contribution in [1.29, 1.82) is 0 Å². The summed E-state index contributed by atoms with van der Waals surface area (Å²) in [5, 5.41) is 9.49.